The van der Waals surface area contributed by atoms with E-state index in [4.69, 9.17) is 4.74 Å². The zero-order valence-corrected chi connectivity index (χ0v) is 17.2. The summed E-state index contributed by atoms with van der Waals surface area (Å²) >= 11 is 0. The number of benzene rings is 2. The number of esters is 1. The molecule has 0 spiro atoms. The molecule has 0 unspecified atom stereocenters. The first-order chi connectivity index (χ1) is 14.6. The van der Waals surface area contributed by atoms with Crippen LogP contribution in [-0.4, -0.2) is 35.0 Å². The third-order valence-corrected chi connectivity index (χ3v) is 5.25. The average Bonchev–Trinajstić information content (AvgIpc) is 2.99. The third-order valence-electron chi connectivity index (χ3n) is 5.25. The van der Waals surface area contributed by atoms with Gasteiger partial charge in [0.15, 0.2) is 0 Å². The van der Waals surface area contributed by atoms with Crippen molar-refractivity contribution in [1.82, 2.24) is 15.2 Å². The molecule has 3 aromatic rings. The van der Waals surface area contributed by atoms with E-state index in [9.17, 15) is 9.59 Å². The number of aromatic nitrogens is 1. The van der Waals surface area contributed by atoms with E-state index >= 15 is 0 Å². The Morgan fingerprint density at radius 3 is 2.80 bits per heavy atom. The number of para-hydroxylation sites is 1. The van der Waals surface area contributed by atoms with Crippen LogP contribution in [0, 0.1) is 6.92 Å². The number of carbonyl (C=O) groups is 2. The average molecular weight is 403 g/mol. The maximum atomic E-state index is 12.9. The summed E-state index contributed by atoms with van der Waals surface area (Å²) in [7, 11) is 0. The van der Waals surface area contributed by atoms with E-state index in [2.05, 4.69) is 10.3 Å². The normalized spacial score (nSPS) is 13.4. The molecule has 0 fully saturated rings. The first-order valence-corrected chi connectivity index (χ1v) is 10.2. The molecule has 2 amide bonds. The van der Waals surface area contributed by atoms with Crippen molar-refractivity contribution in [1.29, 1.82) is 0 Å². The molecule has 6 heteroatoms. The minimum atomic E-state index is -0.441. The molecule has 30 heavy (non-hydrogen) atoms. The van der Waals surface area contributed by atoms with Crippen LogP contribution in [0.2, 0.25) is 0 Å². The van der Waals surface area contributed by atoms with Crippen molar-refractivity contribution in [3.8, 4) is 0 Å². The van der Waals surface area contributed by atoms with Crippen LogP contribution in [0.5, 0.6) is 0 Å². The van der Waals surface area contributed by atoms with Gasteiger partial charge < -0.3 is 15.0 Å². The molecule has 2 N–H and O–H groups in total. The summed E-state index contributed by atoms with van der Waals surface area (Å²) in [6.07, 6.45) is 2.24. The highest BCUT2D eigenvalue weighted by Gasteiger charge is 2.27. The molecule has 1 aliphatic rings. The Morgan fingerprint density at radius 2 is 2.00 bits per heavy atom. The number of hydrogen-bond donors (Lipinski definition) is 2. The van der Waals surface area contributed by atoms with Gasteiger partial charge in [0.25, 0.3) is 0 Å². The van der Waals surface area contributed by atoms with E-state index < -0.39 is 5.97 Å². The summed E-state index contributed by atoms with van der Waals surface area (Å²) < 4.78 is 5.27. The zero-order valence-electron chi connectivity index (χ0n) is 17.2. The molecular formula is C24H25N3O3. The lowest BCUT2D eigenvalue weighted by molar-refractivity contribution is -0.136. The van der Waals surface area contributed by atoms with E-state index in [1.807, 2.05) is 55.5 Å². The lowest BCUT2D eigenvalue weighted by Gasteiger charge is -2.18. The van der Waals surface area contributed by atoms with Crippen molar-refractivity contribution in [3.05, 3.63) is 77.1 Å². The topological polar surface area (TPSA) is 74.4 Å². The van der Waals surface area contributed by atoms with Gasteiger partial charge in [-0.05, 0) is 37.5 Å². The molecule has 0 radical (unpaired) electrons. The number of carbonyl (C=O) groups excluding carboxylic acids is 2. The highest BCUT2D eigenvalue weighted by atomic mass is 16.5. The molecule has 0 bridgehead atoms. The Balaban J connectivity index is 1.62. The number of rotatable bonds is 4. The number of ether oxygens (including phenoxy) is 1. The SMILES string of the molecule is CCOC(=O)C1=CN(C(=O)NCc2cccc(C)c2)CCc2c1[nH]c1ccccc21. The number of urea groups is 1. The van der Waals surface area contributed by atoms with Gasteiger partial charge in [-0.1, -0.05) is 48.0 Å². The lowest BCUT2D eigenvalue weighted by Crippen LogP contribution is -2.37. The first kappa shape index (κ1) is 19.8. The molecule has 154 valence electrons. The summed E-state index contributed by atoms with van der Waals surface area (Å²) in [6.45, 7) is 4.96. The van der Waals surface area contributed by atoms with E-state index in [0.29, 0.717) is 25.1 Å². The van der Waals surface area contributed by atoms with Crippen molar-refractivity contribution >= 4 is 28.5 Å². The number of nitrogens with one attached hydrogen (secondary N) is 2. The number of hydrogen-bond acceptors (Lipinski definition) is 3. The third kappa shape index (κ3) is 3.94. The number of aromatic amines is 1. The summed E-state index contributed by atoms with van der Waals surface area (Å²) in [5, 5.41) is 4.01. The van der Waals surface area contributed by atoms with Gasteiger partial charge in [0, 0.05) is 30.2 Å². The fraction of sp³-hybridized carbons (Fsp3) is 0.250. The molecule has 0 atom stereocenters. The van der Waals surface area contributed by atoms with Gasteiger partial charge in [0.05, 0.1) is 17.9 Å². The van der Waals surface area contributed by atoms with Gasteiger partial charge in [0.2, 0.25) is 0 Å². The highest BCUT2D eigenvalue weighted by molar-refractivity contribution is 6.18. The second-order valence-electron chi connectivity index (χ2n) is 7.38. The maximum absolute atomic E-state index is 12.9. The standard InChI is InChI=1S/C24H25N3O3/c1-3-30-23(28)20-15-27(24(29)25-14-17-8-6-7-16(2)13-17)12-11-19-18-9-4-5-10-21(18)26-22(19)20/h4-10,13,15,26H,3,11-12,14H2,1-2H3,(H,25,29). The predicted molar refractivity (Wildman–Crippen MR) is 117 cm³/mol. The van der Waals surface area contributed by atoms with Gasteiger partial charge in [-0.15, -0.1) is 0 Å². The second-order valence-corrected chi connectivity index (χ2v) is 7.38. The van der Waals surface area contributed by atoms with Gasteiger partial charge in [-0.2, -0.15) is 0 Å². The Hall–Kier alpha value is -3.54. The van der Waals surface area contributed by atoms with Crippen LogP contribution in [-0.2, 0) is 22.5 Å². The minimum Gasteiger partial charge on any atom is -0.462 e. The van der Waals surface area contributed by atoms with Gasteiger partial charge >= 0.3 is 12.0 Å². The second kappa shape index (κ2) is 8.45. The number of aryl methyl sites for hydroxylation is 1. The Morgan fingerprint density at radius 1 is 1.17 bits per heavy atom. The molecule has 0 aliphatic carbocycles. The Kier molecular flexibility index (Phi) is 5.57. The van der Waals surface area contributed by atoms with Crippen molar-refractivity contribution in [3.63, 3.8) is 0 Å². The summed E-state index contributed by atoms with van der Waals surface area (Å²) in [6, 6.07) is 15.7. The van der Waals surface area contributed by atoms with Crippen LogP contribution in [0.4, 0.5) is 4.79 Å². The van der Waals surface area contributed by atoms with Gasteiger partial charge in [-0.25, -0.2) is 9.59 Å². The smallest absolute Gasteiger partial charge is 0.341 e. The fourth-order valence-corrected chi connectivity index (χ4v) is 3.83. The summed E-state index contributed by atoms with van der Waals surface area (Å²) in [5.41, 5.74) is 5.26. The predicted octanol–water partition coefficient (Wildman–Crippen LogP) is 4.15. The number of H-pyrrole nitrogens is 1. The van der Waals surface area contributed by atoms with E-state index in [1.54, 1.807) is 18.0 Å². The largest absolute Gasteiger partial charge is 0.462 e. The van der Waals surface area contributed by atoms with Crippen LogP contribution in [0.1, 0.15) is 29.3 Å². The molecule has 6 nitrogen and oxygen atoms in total. The summed E-state index contributed by atoms with van der Waals surface area (Å²) in [4.78, 5) is 30.5. The fourth-order valence-electron chi connectivity index (χ4n) is 3.83. The zero-order chi connectivity index (χ0) is 21.1. The molecule has 0 saturated carbocycles. The molecule has 2 aromatic carbocycles. The highest BCUT2D eigenvalue weighted by Crippen LogP contribution is 2.31. The summed E-state index contributed by atoms with van der Waals surface area (Å²) in [5.74, 6) is -0.441. The molecule has 1 aromatic heterocycles. The van der Waals surface area contributed by atoms with E-state index in [0.717, 1.165) is 33.3 Å². The maximum Gasteiger partial charge on any atom is 0.341 e. The number of nitrogens with zero attached hydrogens (tertiary/aromatic N) is 1. The van der Waals surface area contributed by atoms with Crippen molar-refractivity contribution in [2.75, 3.05) is 13.2 Å². The quantitative estimate of drug-likeness (QED) is 0.643. The van der Waals surface area contributed by atoms with Crippen molar-refractivity contribution in [2.45, 2.75) is 26.8 Å². The van der Waals surface area contributed by atoms with Crippen molar-refractivity contribution < 1.29 is 14.3 Å². The Bertz CT molecular complexity index is 1130. The lowest BCUT2D eigenvalue weighted by atomic mass is 10.0. The van der Waals surface area contributed by atoms with Gasteiger partial charge in [-0.3, -0.25) is 4.90 Å². The van der Waals surface area contributed by atoms with Gasteiger partial charge in [0.1, 0.15) is 0 Å². The molecule has 0 saturated heterocycles. The van der Waals surface area contributed by atoms with E-state index in [1.165, 1.54) is 0 Å². The Labute approximate surface area is 175 Å². The molecule has 1 aliphatic heterocycles. The van der Waals surface area contributed by atoms with Crippen LogP contribution >= 0.6 is 0 Å². The molecular weight excluding hydrogens is 378 g/mol. The number of amides is 2. The van der Waals surface area contributed by atoms with Crippen LogP contribution in [0.15, 0.2) is 54.7 Å². The van der Waals surface area contributed by atoms with E-state index in [-0.39, 0.29) is 12.6 Å². The van der Waals surface area contributed by atoms with Crippen molar-refractivity contribution in [2.24, 2.45) is 0 Å². The van der Waals surface area contributed by atoms with Crippen LogP contribution < -0.4 is 5.32 Å². The minimum absolute atomic E-state index is 0.243. The first-order valence-electron chi connectivity index (χ1n) is 10.2. The van der Waals surface area contributed by atoms with Crippen LogP contribution in [0.3, 0.4) is 0 Å². The number of fused-ring (bicyclic) bond motifs is 3. The van der Waals surface area contributed by atoms with Crippen LogP contribution in [0.25, 0.3) is 16.5 Å². The monoisotopic (exact) mass is 403 g/mol. The molecule has 4 rings (SSSR count). The molecule has 2 heterocycles.